The molecule has 1 unspecified atom stereocenters. The minimum Gasteiger partial charge on any atom is -0.337 e. The Bertz CT molecular complexity index is 628. The van der Waals surface area contributed by atoms with Crippen LogP contribution in [0, 0.1) is 6.92 Å². The maximum absolute atomic E-state index is 12.4. The SMILES string of the molecule is Cc1cc(C(=O)N(C)C2CCNC2)ccc1S(N)(=O)=O.Cl. The monoisotopic (exact) mass is 333 g/mol. The quantitative estimate of drug-likeness (QED) is 0.842. The number of nitrogens with two attached hydrogens (primary N) is 1. The van der Waals surface area contributed by atoms with Gasteiger partial charge in [0.25, 0.3) is 5.91 Å². The number of amides is 1. The molecule has 0 bridgehead atoms. The largest absolute Gasteiger partial charge is 0.337 e. The Kier molecular flexibility index (Phi) is 5.75. The summed E-state index contributed by atoms with van der Waals surface area (Å²) in [7, 11) is -1.98. The summed E-state index contributed by atoms with van der Waals surface area (Å²) in [6, 6.07) is 4.65. The number of aryl methyl sites for hydroxylation is 1. The molecule has 0 saturated carbocycles. The van der Waals surface area contributed by atoms with Crippen LogP contribution in [0.2, 0.25) is 0 Å². The highest BCUT2D eigenvalue weighted by molar-refractivity contribution is 7.89. The van der Waals surface area contributed by atoms with Crippen LogP contribution >= 0.6 is 12.4 Å². The van der Waals surface area contributed by atoms with Crippen molar-refractivity contribution in [2.75, 3.05) is 20.1 Å². The van der Waals surface area contributed by atoms with Crippen LogP contribution < -0.4 is 10.5 Å². The molecule has 0 spiro atoms. The molecule has 1 atom stereocenters. The van der Waals surface area contributed by atoms with Gasteiger partial charge in [-0.1, -0.05) is 0 Å². The van der Waals surface area contributed by atoms with Crippen molar-refractivity contribution in [2.24, 2.45) is 5.14 Å². The molecule has 21 heavy (non-hydrogen) atoms. The molecule has 1 aromatic carbocycles. The highest BCUT2D eigenvalue weighted by Crippen LogP contribution is 2.18. The van der Waals surface area contributed by atoms with Gasteiger partial charge in [0.05, 0.1) is 4.90 Å². The standard InChI is InChI=1S/C13H19N3O3S.ClH/c1-9-7-10(3-4-12(9)20(14,18)19)13(17)16(2)11-5-6-15-8-11;/h3-4,7,11,15H,5-6,8H2,1-2H3,(H2,14,18,19);1H. The van der Waals surface area contributed by atoms with Crippen LogP contribution in [-0.2, 0) is 10.0 Å². The summed E-state index contributed by atoms with van der Waals surface area (Å²) in [5.41, 5.74) is 0.959. The average molecular weight is 334 g/mol. The van der Waals surface area contributed by atoms with E-state index in [1.54, 1.807) is 24.9 Å². The van der Waals surface area contributed by atoms with Gasteiger partial charge in [0.15, 0.2) is 0 Å². The third kappa shape index (κ3) is 3.94. The van der Waals surface area contributed by atoms with Crippen LogP contribution in [0.15, 0.2) is 23.1 Å². The lowest BCUT2D eigenvalue weighted by atomic mass is 10.1. The summed E-state index contributed by atoms with van der Waals surface area (Å²) in [6.45, 7) is 3.33. The van der Waals surface area contributed by atoms with Crippen LogP contribution in [-0.4, -0.2) is 45.4 Å². The van der Waals surface area contributed by atoms with E-state index in [1.165, 1.54) is 12.1 Å². The van der Waals surface area contributed by atoms with Gasteiger partial charge in [0.2, 0.25) is 10.0 Å². The predicted molar refractivity (Wildman–Crippen MR) is 83.2 cm³/mol. The Morgan fingerprint density at radius 2 is 2.10 bits per heavy atom. The van der Waals surface area contributed by atoms with E-state index in [9.17, 15) is 13.2 Å². The Morgan fingerprint density at radius 1 is 1.43 bits per heavy atom. The van der Waals surface area contributed by atoms with Gasteiger partial charge in [0.1, 0.15) is 0 Å². The second kappa shape index (κ2) is 6.74. The number of sulfonamides is 1. The maximum Gasteiger partial charge on any atom is 0.253 e. The van der Waals surface area contributed by atoms with Crippen LogP contribution in [0.25, 0.3) is 0 Å². The summed E-state index contributed by atoms with van der Waals surface area (Å²) in [5, 5.41) is 8.32. The number of nitrogens with zero attached hydrogens (tertiary/aromatic N) is 1. The van der Waals surface area contributed by atoms with Crippen LogP contribution in [0.4, 0.5) is 0 Å². The first kappa shape index (κ1) is 17.9. The number of halogens is 1. The van der Waals surface area contributed by atoms with Crippen molar-refractivity contribution in [3.63, 3.8) is 0 Å². The molecule has 1 amide bonds. The zero-order chi connectivity index (χ0) is 14.9. The van der Waals surface area contributed by atoms with E-state index in [4.69, 9.17) is 5.14 Å². The number of likely N-dealkylation sites (N-methyl/N-ethyl adjacent to an activating group) is 1. The molecule has 1 aliphatic heterocycles. The first-order valence-electron chi connectivity index (χ1n) is 6.42. The van der Waals surface area contributed by atoms with E-state index >= 15 is 0 Å². The topological polar surface area (TPSA) is 92.5 Å². The van der Waals surface area contributed by atoms with Crippen molar-refractivity contribution in [2.45, 2.75) is 24.3 Å². The fourth-order valence-corrected chi connectivity index (χ4v) is 3.21. The number of carbonyl (C=O) groups excluding carboxylic acids is 1. The number of carbonyl (C=O) groups is 1. The first-order valence-corrected chi connectivity index (χ1v) is 7.96. The van der Waals surface area contributed by atoms with Crippen molar-refractivity contribution >= 4 is 28.3 Å². The Morgan fingerprint density at radius 3 is 2.57 bits per heavy atom. The second-order valence-corrected chi connectivity index (χ2v) is 6.62. The highest BCUT2D eigenvalue weighted by Gasteiger charge is 2.24. The van der Waals surface area contributed by atoms with Gasteiger partial charge < -0.3 is 10.2 Å². The minimum atomic E-state index is -3.75. The van der Waals surface area contributed by atoms with Gasteiger partial charge in [-0.05, 0) is 43.7 Å². The van der Waals surface area contributed by atoms with E-state index in [-0.39, 0.29) is 29.3 Å². The summed E-state index contributed by atoms with van der Waals surface area (Å²) in [5.74, 6) is -0.109. The molecule has 1 aliphatic rings. The molecule has 1 saturated heterocycles. The molecule has 118 valence electrons. The fourth-order valence-electron chi connectivity index (χ4n) is 2.44. The Hall–Kier alpha value is -1.15. The molecule has 3 N–H and O–H groups in total. The normalized spacial score (nSPS) is 18.1. The number of nitrogens with one attached hydrogen (secondary N) is 1. The van der Waals surface area contributed by atoms with Crippen molar-refractivity contribution in [1.82, 2.24) is 10.2 Å². The fraction of sp³-hybridized carbons (Fsp3) is 0.462. The van der Waals surface area contributed by atoms with Gasteiger partial charge in [-0.2, -0.15) is 0 Å². The van der Waals surface area contributed by atoms with E-state index < -0.39 is 10.0 Å². The Balaban J connectivity index is 0.00000220. The van der Waals surface area contributed by atoms with Gasteiger partial charge in [-0.25, -0.2) is 13.6 Å². The molecule has 8 heteroatoms. The zero-order valence-electron chi connectivity index (χ0n) is 12.0. The van der Waals surface area contributed by atoms with E-state index in [0.717, 1.165) is 19.5 Å². The average Bonchev–Trinajstić information content (AvgIpc) is 2.89. The maximum atomic E-state index is 12.4. The summed E-state index contributed by atoms with van der Waals surface area (Å²) in [6.07, 6.45) is 0.927. The lowest BCUT2D eigenvalue weighted by molar-refractivity contribution is 0.0743. The molecular weight excluding hydrogens is 314 g/mol. The third-order valence-electron chi connectivity index (χ3n) is 3.63. The van der Waals surface area contributed by atoms with Gasteiger partial charge >= 0.3 is 0 Å². The molecule has 0 aliphatic carbocycles. The first-order chi connectivity index (χ1) is 9.30. The molecule has 1 fully saturated rings. The molecule has 0 aromatic heterocycles. The van der Waals surface area contributed by atoms with Crippen molar-refractivity contribution < 1.29 is 13.2 Å². The van der Waals surface area contributed by atoms with Gasteiger partial charge in [0, 0.05) is 25.2 Å². The van der Waals surface area contributed by atoms with E-state index in [1.807, 2.05) is 0 Å². The van der Waals surface area contributed by atoms with E-state index in [0.29, 0.717) is 11.1 Å². The second-order valence-electron chi connectivity index (χ2n) is 5.09. The lowest BCUT2D eigenvalue weighted by Gasteiger charge is -2.24. The predicted octanol–water partition coefficient (Wildman–Crippen LogP) is 0.498. The molecule has 0 radical (unpaired) electrons. The van der Waals surface area contributed by atoms with E-state index in [2.05, 4.69) is 5.32 Å². The summed E-state index contributed by atoms with van der Waals surface area (Å²) >= 11 is 0. The van der Waals surface area contributed by atoms with Crippen LogP contribution in [0.3, 0.4) is 0 Å². The Labute approximate surface area is 131 Å². The van der Waals surface area contributed by atoms with Gasteiger partial charge in [-0.15, -0.1) is 12.4 Å². The summed E-state index contributed by atoms with van der Waals surface area (Å²) in [4.78, 5) is 14.1. The smallest absolute Gasteiger partial charge is 0.253 e. The molecular formula is C13H20ClN3O3S. The van der Waals surface area contributed by atoms with Gasteiger partial charge in [-0.3, -0.25) is 4.79 Å². The number of hydrogen-bond donors (Lipinski definition) is 2. The lowest BCUT2D eigenvalue weighted by Crippen LogP contribution is -2.38. The van der Waals surface area contributed by atoms with Crippen molar-refractivity contribution in [3.8, 4) is 0 Å². The number of rotatable bonds is 3. The molecule has 1 aromatic rings. The molecule has 6 nitrogen and oxygen atoms in total. The molecule has 1 heterocycles. The number of benzene rings is 1. The van der Waals surface area contributed by atoms with Crippen molar-refractivity contribution in [3.05, 3.63) is 29.3 Å². The summed E-state index contributed by atoms with van der Waals surface area (Å²) < 4.78 is 22.7. The van der Waals surface area contributed by atoms with Crippen LogP contribution in [0.1, 0.15) is 22.3 Å². The zero-order valence-corrected chi connectivity index (χ0v) is 13.6. The third-order valence-corrected chi connectivity index (χ3v) is 4.70. The highest BCUT2D eigenvalue weighted by atomic mass is 35.5. The van der Waals surface area contributed by atoms with Crippen LogP contribution in [0.5, 0.6) is 0 Å². The number of primary sulfonamides is 1. The number of hydrogen-bond acceptors (Lipinski definition) is 4. The minimum absolute atomic E-state index is 0. The van der Waals surface area contributed by atoms with Crippen molar-refractivity contribution in [1.29, 1.82) is 0 Å². The molecule has 2 rings (SSSR count).